The number of amides is 1. The number of ether oxygens (including phenoxy) is 2. The van der Waals surface area contributed by atoms with Crippen LogP contribution in [0.1, 0.15) is 32.7 Å². The molecule has 0 radical (unpaired) electrons. The monoisotopic (exact) mass is 507 g/mol. The van der Waals surface area contributed by atoms with Crippen molar-refractivity contribution < 1.29 is 37.8 Å². The predicted molar refractivity (Wildman–Crippen MR) is 128 cm³/mol. The van der Waals surface area contributed by atoms with Crippen molar-refractivity contribution in [2.24, 2.45) is 0 Å². The molecule has 2 aromatic heterocycles. The van der Waals surface area contributed by atoms with Gasteiger partial charge in [0, 0.05) is 22.2 Å². The number of carbonyl (C=O) groups excluding carboxylic acids is 3. The molecule has 36 heavy (non-hydrogen) atoms. The number of hydrogen-bond donors (Lipinski definition) is 1. The van der Waals surface area contributed by atoms with Crippen molar-refractivity contribution in [2.45, 2.75) is 6.04 Å². The molecule has 0 saturated heterocycles. The number of Topliss-reactive ketones (excluding diaryl/α,β-unsaturated/α-hetero) is 1. The number of carbonyl (C=O) groups is 3. The number of rotatable bonds is 6. The van der Waals surface area contributed by atoms with Crippen molar-refractivity contribution in [1.29, 1.82) is 0 Å². The van der Waals surface area contributed by atoms with Gasteiger partial charge in [-0.25, -0.2) is 4.79 Å². The third-order valence-electron chi connectivity index (χ3n) is 5.82. The zero-order chi connectivity index (χ0) is 25.6. The molecule has 5 rings (SSSR count). The Labute approximate surface area is 209 Å². The molecule has 1 aliphatic heterocycles. The smallest absolute Gasteiger partial charge is 0.337 e. The third-order valence-corrected chi connectivity index (χ3v) is 6.04. The Kier molecular flexibility index (Phi) is 5.77. The van der Waals surface area contributed by atoms with Crippen molar-refractivity contribution in [3.63, 3.8) is 0 Å². The fourth-order valence-electron chi connectivity index (χ4n) is 4.18. The summed E-state index contributed by atoms with van der Waals surface area (Å²) in [4.78, 5) is 39.9. The maximum Gasteiger partial charge on any atom is 0.337 e. The van der Waals surface area contributed by atoms with E-state index in [0.29, 0.717) is 27.4 Å². The zero-order valence-corrected chi connectivity index (χ0v) is 19.7. The SMILES string of the molecule is COC(=O)c1ccc(N2C(=O)C(O)=C(C(=O)c3cc4cc(Cl)cc(OC)c4o3)C2c2ccco2)cc1. The highest BCUT2D eigenvalue weighted by atomic mass is 35.5. The minimum Gasteiger partial charge on any atom is -0.503 e. The average Bonchev–Trinajstić information content (AvgIpc) is 3.62. The van der Waals surface area contributed by atoms with Gasteiger partial charge in [0.05, 0.1) is 31.6 Å². The van der Waals surface area contributed by atoms with Crippen LogP contribution < -0.4 is 9.64 Å². The van der Waals surface area contributed by atoms with Crippen molar-refractivity contribution in [1.82, 2.24) is 0 Å². The number of benzene rings is 2. The summed E-state index contributed by atoms with van der Waals surface area (Å²) in [6.07, 6.45) is 1.39. The minimum atomic E-state index is -1.09. The summed E-state index contributed by atoms with van der Waals surface area (Å²) in [6.45, 7) is 0. The quantitative estimate of drug-likeness (QED) is 0.277. The molecule has 3 heterocycles. The van der Waals surface area contributed by atoms with Gasteiger partial charge in [0.1, 0.15) is 11.8 Å². The second-order valence-corrected chi connectivity index (χ2v) is 8.30. The van der Waals surface area contributed by atoms with Crippen molar-refractivity contribution in [3.8, 4) is 5.75 Å². The van der Waals surface area contributed by atoms with Crippen LogP contribution in [0.25, 0.3) is 11.0 Å². The molecule has 1 aliphatic rings. The minimum absolute atomic E-state index is 0.126. The van der Waals surface area contributed by atoms with Crippen LogP contribution in [0, 0.1) is 0 Å². The second-order valence-electron chi connectivity index (χ2n) is 7.86. The lowest BCUT2D eigenvalue weighted by Crippen LogP contribution is -2.30. The van der Waals surface area contributed by atoms with E-state index in [1.807, 2.05) is 0 Å². The maximum atomic E-state index is 13.7. The summed E-state index contributed by atoms with van der Waals surface area (Å²) >= 11 is 6.13. The zero-order valence-electron chi connectivity index (χ0n) is 19.0. The summed E-state index contributed by atoms with van der Waals surface area (Å²) in [6, 6.07) is 12.7. The molecule has 1 unspecified atom stereocenters. The number of aliphatic hydroxyl groups is 1. The van der Waals surface area contributed by atoms with E-state index in [0.717, 1.165) is 0 Å². The van der Waals surface area contributed by atoms with E-state index < -0.39 is 29.5 Å². The Morgan fingerprint density at radius 1 is 1.08 bits per heavy atom. The molecule has 0 bridgehead atoms. The third kappa shape index (κ3) is 3.70. The molecule has 4 aromatic rings. The highest BCUT2D eigenvalue weighted by molar-refractivity contribution is 6.31. The number of methoxy groups -OCH3 is 2. The first kappa shape index (κ1) is 23.3. The summed E-state index contributed by atoms with van der Waals surface area (Å²) < 4.78 is 21.3. The molecule has 1 amide bonds. The maximum absolute atomic E-state index is 13.7. The molecule has 182 valence electrons. The Bertz CT molecular complexity index is 1530. The Morgan fingerprint density at radius 2 is 1.83 bits per heavy atom. The lowest BCUT2D eigenvalue weighted by Gasteiger charge is -2.24. The Balaban J connectivity index is 1.60. The molecule has 2 aromatic carbocycles. The first-order chi connectivity index (χ1) is 17.3. The van der Waals surface area contributed by atoms with Crippen molar-refractivity contribution in [3.05, 3.63) is 94.3 Å². The van der Waals surface area contributed by atoms with Gasteiger partial charge < -0.3 is 23.4 Å². The van der Waals surface area contributed by atoms with Crippen LogP contribution >= 0.6 is 11.6 Å². The molecule has 1 atom stereocenters. The number of esters is 1. The van der Waals surface area contributed by atoms with Crippen LogP contribution in [-0.4, -0.2) is 37.0 Å². The van der Waals surface area contributed by atoms with E-state index in [2.05, 4.69) is 0 Å². The van der Waals surface area contributed by atoms with E-state index in [-0.39, 0.29) is 22.7 Å². The summed E-state index contributed by atoms with van der Waals surface area (Å²) in [5, 5.41) is 11.7. The van der Waals surface area contributed by atoms with Crippen LogP contribution in [0.4, 0.5) is 5.69 Å². The topological polar surface area (TPSA) is 119 Å². The fourth-order valence-corrected chi connectivity index (χ4v) is 4.39. The Morgan fingerprint density at radius 3 is 2.47 bits per heavy atom. The van der Waals surface area contributed by atoms with Gasteiger partial charge in [0.25, 0.3) is 5.91 Å². The normalized spacial score (nSPS) is 15.6. The summed E-state index contributed by atoms with van der Waals surface area (Å²) in [5.41, 5.74) is 0.655. The molecular formula is C26H18ClNO8. The van der Waals surface area contributed by atoms with Gasteiger partial charge in [0.15, 0.2) is 22.9 Å². The molecule has 0 saturated carbocycles. The van der Waals surface area contributed by atoms with Crippen molar-refractivity contribution >= 4 is 45.9 Å². The molecule has 0 fully saturated rings. The van der Waals surface area contributed by atoms with E-state index in [1.165, 1.54) is 55.7 Å². The highest BCUT2D eigenvalue weighted by Gasteiger charge is 2.46. The molecule has 0 spiro atoms. The highest BCUT2D eigenvalue weighted by Crippen LogP contribution is 2.43. The Hall–Kier alpha value is -4.50. The van der Waals surface area contributed by atoms with Gasteiger partial charge in [-0.2, -0.15) is 0 Å². The van der Waals surface area contributed by atoms with E-state index in [4.69, 9.17) is 29.9 Å². The lowest BCUT2D eigenvalue weighted by molar-refractivity contribution is -0.117. The predicted octanol–water partition coefficient (Wildman–Crippen LogP) is 5.26. The number of furan rings is 2. The van der Waals surface area contributed by atoms with Crippen LogP contribution in [0.3, 0.4) is 0 Å². The lowest BCUT2D eigenvalue weighted by atomic mass is 9.99. The van der Waals surface area contributed by atoms with E-state index >= 15 is 0 Å². The number of anilines is 1. The number of hydrogen-bond acceptors (Lipinski definition) is 8. The van der Waals surface area contributed by atoms with Gasteiger partial charge in [0.2, 0.25) is 5.78 Å². The molecule has 1 N–H and O–H groups in total. The average molecular weight is 508 g/mol. The number of fused-ring (bicyclic) bond motifs is 1. The first-order valence-corrected chi connectivity index (χ1v) is 11.0. The molecule has 10 heteroatoms. The van der Waals surface area contributed by atoms with Gasteiger partial charge in [-0.1, -0.05) is 11.6 Å². The van der Waals surface area contributed by atoms with Crippen LogP contribution in [0.15, 0.2) is 81.0 Å². The molecule has 0 aliphatic carbocycles. The van der Waals surface area contributed by atoms with Gasteiger partial charge >= 0.3 is 5.97 Å². The number of halogens is 1. The van der Waals surface area contributed by atoms with Crippen LogP contribution in [0.5, 0.6) is 5.75 Å². The standard InChI is InChI=1S/C26H18ClNO8/c1-33-19-12-15(27)10-14-11-18(36-24(14)19)22(29)20-21(17-4-3-9-35-17)28(25(31)23(20)30)16-7-5-13(6-8-16)26(32)34-2/h3-12,21,30H,1-2H3. The van der Waals surface area contributed by atoms with Crippen molar-refractivity contribution in [2.75, 3.05) is 19.1 Å². The second kappa shape index (κ2) is 8.94. The van der Waals surface area contributed by atoms with Gasteiger partial charge in [-0.3, -0.25) is 14.5 Å². The van der Waals surface area contributed by atoms with Crippen LogP contribution in [-0.2, 0) is 9.53 Å². The number of aliphatic hydroxyl groups excluding tert-OH is 1. The number of ketones is 1. The molecule has 9 nitrogen and oxygen atoms in total. The van der Waals surface area contributed by atoms with Gasteiger partial charge in [-0.05, 0) is 48.5 Å². The van der Waals surface area contributed by atoms with Crippen LogP contribution in [0.2, 0.25) is 5.02 Å². The largest absolute Gasteiger partial charge is 0.503 e. The summed E-state index contributed by atoms with van der Waals surface area (Å²) in [7, 11) is 2.70. The summed E-state index contributed by atoms with van der Waals surface area (Å²) in [5.74, 6) is -2.39. The van der Waals surface area contributed by atoms with Gasteiger partial charge in [-0.15, -0.1) is 0 Å². The first-order valence-electron chi connectivity index (χ1n) is 10.6. The fraction of sp³-hybridized carbons (Fsp3) is 0.115. The molecular weight excluding hydrogens is 490 g/mol. The van der Waals surface area contributed by atoms with E-state index in [1.54, 1.807) is 24.3 Å². The number of nitrogens with zero attached hydrogens (tertiary/aromatic N) is 1. The van der Waals surface area contributed by atoms with E-state index in [9.17, 15) is 19.5 Å².